The van der Waals surface area contributed by atoms with Crippen LogP contribution in [0.25, 0.3) is 11.0 Å². The zero-order chi connectivity index (χ0) is 13.2. The van der Waals surface area contributed by atoms with Gasteiger partial charge in [-0.05, 0) is 43.6 Å². The third-order valence-electron chi connectivity index (χ3n) is 4.04. The van der Waals surface area contributed by atoms with Crippen LogP contribution in [0.5, 0.6) is 0 Å². The summed E-state index contributed by atoms with van der Waals surface area (Å²) in [6.07, 6.45) is 6.90. The first-order chi connectivity index (χ1) is 9.29. The molecule has 19 heavy (non-hydrogen) atoms. The normalized spacial score (nSPS) is 18.7. The predicted octanol–water partition coefficient (Wildman–Crippen LogP) is 1.78. The van der Waals surface area contributed by atoms with Crippen LogP contribution in [-0.4, -0.2) is 28.7 Å². The average Bonchev–Trinajstić information content (AvgIpc) is 2.78. The van der Waals surface area contributed by atoms with Crippen molar-refractivity contribution in [2.24, 2.45) is 5.92 Å². The van der Waals surface area contributed by atoms with Gasteiger partial charge in [0.2, 0.25) is 0 Å². The third-order valence-corrected chi connectivity index (χ3v) is 4.04. The van der Waals surface area contributed by atoms with Gasteiger partial charge < -0.3 is 14.7 Å². The number of ether oxygens (including phenoxy) is 1. The highest BCUT2D eigenvalue weighted by Gasteiger charge is 2.23. The minimum atomic E-state index is -0.0277. The van der Waals surface area contributed by atoms with E-state index in [2.05, 4.69) is 15.0 Å². The van der Waals surface area contributed by atoms with Crippen LogP contribution in [0.15, 0.2) is 11.1 Å². The predicted molar refractivity (Wildman–Crippen MR) is 73.3 cm³/mol. The number of hydrogen-bond donors (Lipinski definition) is 2. The minimum absolute atomic E-state index is 0.0277. The summed E-state index contributed by atoms with van der Waals surface area (Å²) in [6, 6.07) is 0. The van der Waals surface area contributed by atoms with Crippen molar-refractivity contribution in [1.82, 2.24) is 15.0 Å². The number of methoxy groups -OCH3 is 1. The van der Waals surface area contributed by atoms with Crippen molar-refractivity contribution < 1.29 is 4.74 Å². The number of H-pyrrole nitrogens is 2. The smallest absolute Gasteiger partial charge is 0.260 e. The number of aromatic nitrogens is 3. The second-order valence-corrected chi connectivity index (χ2v) is 5.28. The van der Waals surface area contributed by atoms with E-state index in [-0.39, 0.29) is 5.56 Å². The molecule has 1 aliphatic carbocycles. The Labute approximate surface area is 111 Å². The molecular formula is C14H19N3O2. The second-order valence-electron chi connectivity index (χ2n) is 5.28. The molecule has 0 amide bonds. The lowest BCUT2D eigenvalue weighted by Gasteiger charge is -2.22. The molecule has 2 aromatic heterocycles. The maximum Gasteiger partial charge on any atom is 0.260 e. The molecule has 0 bridgehead atoms. The molecule has 0 saturated heterocycles. The molecule has 0 saturated carbocycles. The molecule has 0 radical (unpaired) electrons. The first-order valence-electron chi connectivity index (χ1n) is 6.85. The van der Waals surface area contributed by atoms with E-state index >= 15 is 0 Å². The Morgan fingerprint density at radius 3 is 3.26 bits per heavy atom. The van der Waals surface area contributed by atoms with E-state index in [9.17, 15) is 4.79 Å². The van der Waals surface area contributed by atoms with E-state index in [1.807, 2.05) is 0 Å². The topological polar surface area (TPSA) is 70.8 Å². The van der Waals surface area contributed by atoms with E-state index in [1.165, 1.54) is 24.0 Å². The molecule has 1 atom stereocenters. The van der Waals surface area contributed by atoms with Crippen molar-refractivity contribution in [1.29, 1.82) is 0 Å². The van der Waals surface area contributed by atoms with Gasteiger partial charge in [0.1, 0.15) is 5.65 Å². The number of fused-ring (bicyclic) bond motifs is 3. The maximum atomic E-state index is 11.9. The monoisotopic (exact) mass is 261 g/mol. The Morgan fingerprint density at radius 2 is 2.42 bits per heavy atom. The van der Waals surface area contributed by atoms with E-state index in [1.54, 1.807) is 7.11 Å². The van der Waals surface area contributed by atoms with Gasteiger partial charge in [0.15, 0.2) is 0 Å². The van der Waals surface area contributed by atoms with Gasteiger partial charge in [0, 0.05) is 19.4 Å². The van der Waals surface area contributed by atoms with E-state index in [0.717, 1.165) is 43.3 Å². The number of rotatable bonds is 4. The van der Waals surface area contributed by atoms with Gasteiger partial charge in [-0.1, -0.05) is 0 Å². The van der Waals surface area contributed by atoms with E-state index in [0.29, 0.717) is 5.92 Å². The van der Waals surface area contributed by atoms with Gasteiger partial charge in [0.05, 0.1) is 11.7 Å². The lowest BCUT2D eigenvalue weighted by molar-refractivity contribution is 0.185. The maximum absolute atomic E-state index is 11.9. The fraction of sp³-hybridized carbons (Fsp3) is 0.571. The van der Waals surface area contributed by atoms with Gasteiger partial charge in [0.25, 0.3) is 5.56 Å². The number of aryl methyl sites for hydroxylation is 1. The Hall–Kier alpha value is -1.62. The number of aromatic amines is 2. The van der Waals surface area contributed by atoms with Gasteiger partial charge in [-0.3, -0.25) is 4.79 Å². The SMILES string of the molecule is COCCCC1CCc2[nH]c3nc[nH]c(=O)c3c2C1. The summed E-state index contributed by atoms with van der Waals surface area (Å²) in [4.78, 5) is 22.1. The zero-order valence-corrected chi connectivity index (χ0v) is 11.2. The quantitative estimate of drug-likeness (QED) is 0.824. The third kappa shape index (κ3) is 2.30. The van der Waals surface area contributed by atoms with Gasteiger partial charge >= 0.3 is 0 Å². The molecule has 5 heteroatoms. The van der Waals surface area contributed by atoms with Crippen LogP contribution in [0.3, 0.4) is 0 Å². The van der Waals surface area contributed by atoms with Crippen LogP contribution in [-0.2, 0) is 17.6 Å². The van der Waals surface area contributed by atoms with E-state index < -0.39 is 0 Å². The highest BCUT2D eigenvalue weighted by atomic mass is 16.5. The first-order valence-corrected chi connectivity index (χ1v) is 6.85. The van der Waals surface area contributed by atoms with Crippen LogP contribution in [0.4, 0.5) is 0 Å². The van der Waals surface area contributed by atoms with Crippen molar-refractivity contribution in [3.63, 3.8) is 0 Å². The van der Waals surface area contributed by atoms with Crippen LogP contribution in [0.1, 0.15) is 30.5 Å². The van der Waals surface area contributed by atoms with Crippen LogP contribution < -0.4 is 5.56 Å². The van der Waals surface area contributed by atoms with Crippen molar-refractivity contribution in [2.75, 3.05) is 13.7 Å². The molecule has 2 heterocycles. The molecule has 0 aliphatic heterocycles. The first kappa shape index (κ1) is 12.4. The number of nitrogens with one attached hydrogen (secondary N) is 2. The molecule has 2 N–H and O–H groups in total. The minimum Gasteiger partial charge on any atom is -0.385 e. The summed E-state index contributed by atoms with van der Waals surface area (Å²) in [7, 11) is 1.74. The van der Waals surface area contributed by atoms with Crippen LogP contribution in [0.2, 0.25) is 0 Å². The molecule has 3 rings (SSSR count). The highest BCUT2D eigenvalue weighted by molar-refractivity contribution is 5.80. The van der Waals surface area contributed by atoms with Crippen molar-refractivity contribution in [3.05, 3.63) is 27.9 Å². The Balaban J connectivity index is 1.87. The molecule has 2 aromatic rings. The lowest BCUT2D eigenvalue weighted by atomic mass is 9.84. The molecule has 0 fully saturated rings. The van der Waals surface area contributed by atoms with Gasteiger partial charge in [-0.25, -0.2) is 4.98 Å². The molecule has 1 aliphatic rings. The Kier molecular flexibility index (Phi) is 3.38. The molecule has 0 aromatic carbocycles. The standard InChI is InChI=1S/C14H19N3O2/c1-19-6-2-3-9-4-5-11-10(7-9)12-13(17-11)15-8-16-14(12)18/h8-9H,2-7H2,1H3,(H2,15,16,17,18). The van der Waals surface area contributed by atoms with E-state index in [4.69, 9.17) is 4.74 Å². The molecule has 102 valence electrons. The van der Waals surface area contributed by atoms with Crippen molar-refractivity contribution in [2.45, 2.75) is 32.1 Å². The molecule has 5 nitrogen and oxygen atoms in total. The summed E-state index contributed by atoms with van der Waals surface area (Å²) in [6.45, 7) is 0.819. The fourth-order valence-electron chi connectivity index (χ4n) is 3.08. The summed E-state index contributed by atoms with van der Waals surface area (Å²) in [5.41, 5.74) is 3.08. The Morgan fingerprint density at radius 1 is 1.53 bits per heavy atom. The molecule has 1 unspecified atom stereocenters. The highest BCUT2D eigenvalue weighted by Crippen LogP contribution is 2.31. The van der Waals surface area contributed by atoms with Crippen LogP contribution >= 0.6 is 0 Å². The second kappa shape index (κ2) is 5.17. The van der Waals surface area contributed by atoms with Gasteiger partial charge in [-0.2, -0.15) is 0 Å². The van der Waals surface area contributed by atoms with Crippen molar-refractivity contribution in [3.8, 4) is 0 Å². The fourth-order valence-corrected chi connectivity index (χ4v) is 3.08. The molecular weight excluding hydrogens is 242 g/mol. The summed E-state index contributed by atoms with van der Waals surface area (Å²) >= 11 is 0. The summed E-state index contributed by atoms with van der Waals surface area (Å²) in [5, 5.41) is 0.758. The Bertz CT molecular complexity index is 629. The van der Waals surface area contributed by atoms with Crippen molar-refractivity contribution >= 4 is 11.0 Å². The largest absolute Gasteiger partial charge is 0.385 e. The number of hydrogen-bond acceptors (Lipinski definition) is 3. The van der Waals surface area contributed by atoms with Crippen LogP contribution in [0, 0.1) is 5.92 Å². The molecule has 0 spiro atoms. The summed E-state index contributed by atoms with van der Waals surface area (Å²) in [5.74, 6) is 0.654. The zero-order valence-electron chi connectivity index (χ0n) is 11.2. The summed E-state index contributed by atoms with van der Waals surface area (Å²) < 4.78 is 5.11. The lowest BCUT2D eigenvalue weighted by Crippen LogP contribution is -2.16. The van der Waals surface area contributed by atoms with Gasteiger partial charge in [-0.15, -0.1) is 0 Å². The number of nitrogens with zero attached hydrogens (tertiary/aromatic N) is 1. The average molecular weight is 261 g/mol.